The maximum atomic E-state index is 11.7. The molecule has 0 saturated heterocycles. The van der Waals surface area contributed by atoms with Gasteiger partial charge in [-0.05, 0) is 53.2 Å². The van der Waals surface area contributed by atoms with Crippen LogP contribution in [0.15, 0.2) is 51.8 Å². The first-order valence-electron chi connectivity index (χ1n) is 7.29. The number of amides is 2. The molecule has 0 saturated carbocycles. The third-order valence-corrected chi connectivity index (χ3v) is 4.85. The van der Waals surface area contributed by atoms with Gasteiger partial charge >= 0.3 is 0 Å². The van der Waals surface area contributed by atoms with Crippen LogP contribution in [0.1, 0.15) is 5.56 Å². The topological polar surface area (TPSA) is 67.4 Å². The molecule has 25 heavy (non-hydrogen) atoms. The molecule has 5 nitrogen and oxygen atoms in total. The highest BCUT2D eigenvalue weighted by Gasteiger charge is 2.08. The van der Waals surface area contributed by atoms with Gasteiger partial charge in [-0.2, -0.15) is 0 Å². The molecular weight excluding hydrogens is 428 g/mol. The van der Waals surface area contributed by atoms with Crippen molar-refractivity contribution in [2.24, 2.45) is 0 Å². The molecule has 0 aromatic heterocycles. The molecule has 8 heteroatoms. The lowest BCUT2D eigenvalue weighted by Gasteiger charge is -2.10. The van der Waals surface area contributed by atoms with Crippen LogP contribution in [0.5, 0.6) is 5.75 Å². The van der Waals surface area contributed by atoms with E-state index >= 15 is 0 Å². The summed E-state index contributed by atoms with van der Waals surface area (Å²) in [5.74, 6) is -0.0737. The summed E-state index contributed by atoms with van der Waals surface area (Å²) in [4.78, 5) is 24.4. The molecule has 0 atom stereocenters. The van der Waals surface area contributed by atoms with Gasteiger partial charge in [-0.25, -0.2) is 0 Å². The second kappa shape index (κ2) is 9.70. The van der Waals surface area contributed by atoms with Crippen LogP contribution in [-0.2, 0) is 9.59 Å². The molecular formula is C17H16BrClN2O3S. The summed E-state index contributed by atoms with van der Waals surface area (Å²) in [6.07, 6.45) is 0. The molecule has 0 spiro atoms. The number of hydrazine groups is 1. The van der Waals surface area contributed by atoms with Crippen molar-refractivity contribution >= 4 is 51.1 Å². The van der Waals surface area contributed by atoms with E-state index in [1.165, 1.54) is 11.8 Å². The Morgan fingerprint density at radius 1 is 1.12 bits per heavy atom. The van der Waals surface area contributed by atoms with Gasteiger partial charge in [-0.15, -0.1) is 11.8 Å². The van der Waals surface area contributed by atoms with Crippen molar-refractivity contribution in [1.29, 1.82) is 0 Å². The average molecular weight is 444 g/mol. The smallest absolute Gasteiger partial charge is 0.276 e. The number of halogens is 2. The van der Waals surface area contributed by atoms with Gasteiger partial charge in [-0.3, -0.25) is 20.4 Å². The largest absolute Gasteiger partial charge is 0.483 e. The molecule has 0 aliphatic heterocycles. The van der Waals surface area contributed by atoms with Crippen LogP contribution in [0.25, 0.3) is 0 Å². The molecule has 0 unspecified atom stereocenters. The summed E-state index contributed by atoms with van der Waals surface area (Å²) in [5, 5.41) is 0.557. The molecule has 0 bridgehead atoms. The molecule has 0 heterocycles. The fourth-order valence-electron chi connectivity index (χ4n) is 1.73. The van der Waals surface area contributed by atoms with E-state index in [0.29, 0.717) is 15.2 Å². The number of carbonyl (C=O) groups is 2. The zero-order valence-corrected chi connectivity index (χ0v) is 16.5. The summed E-state index contributed by atoms with van der Waals surface area (Å²) in [7, 11) is 0. The molecule has 0 aliphatic carbocycles. The first kappa shape index (κ1) is 19.6. The van der Waals surface area contributed by atoms with E-state index in [1.807, 2.05) is 31.2 Å². The standard InChI is InChI=1S/C17H16BrClN2O3S/c1-11-2-5-13(6-3-11)25-10-17(23)21-20-16(22)9-24-15-7-4-12(19)8-14(15)18/h2-8H,9-10H2,1H3,(H,20,22)(H,21,23). The Labute approximate surface area is 163 Å². The Bertz CT molecular complexity index is 756. The van der Waals surface area contributed by atoms with Crippen LogP contribution < -0.4 is 15.6 Å². The molecule has 2 N–H and O–H groups in total. The number of hydrogen-bond acceptors (Lipinski definition) is 4. The lowest BCUT2D eigenvalue weighted by atomic mass is 10.2. The Morgan fingerprint density at radius 2 is 1.80 bits per heavy atom. The van der Waals surface area contributed by atoms with Gasteiger partial charge in [0.25, 0.3) is 5.91 Å². The third kappa shape index (κ3) is 6.97. The van der Waals surface area contributed by atoms with Crippen molar-refractivity contribution in [3.05, 3.63) is 57.5 Å². The summed E-state index contributed by atoms with van der Waals surface area (Å²) < 4.78 is 6.00. The van der Waals surface area contributed by atoms with Crippen LogP contribution in [0.4, 0.5) is 0 Å². The predicted octanol–water partition coefficient (Wildman–Crippen LogP) is 3.73. The zero-order chi connectivity index (χ0) is 18.2. The zero-order valence-electron chi connectivity index (χ0n) is 13.3. The Morgan fingerprint density at radius 3 is 2.48 bits per heavy atom. The van der Waals surface area contributed by atoms with Crippen LogP contribution in [0, 0.1) is 6.92 Å². The van der Waals surface area contributed by atoms with Crippen LogP contribution in [-0.4, -0.2) is 24.2 Å². The number of rotatable bonds is 6. The molecule has 0 fully saturated rings. The summed E-state index contributed by atoms with van der Waals surface area (Å²) >= 11 is 10.5. The first-order chi connectivity index (χ1) is 11.9. The van der Waals surface area contributed by atoms with Gasteiger partial charge in [0.15, 0.2) is 6.61 Å². The number of carbonyl (C=O) groups excluding carboxylic acids is 2. The summed E-state index contributed by atoms with van der Waals surface area (Å²) in [6, 6.07) is 12.8. The number of benzene rings is 2. The van der Waals surface area contributed by atoms with E-state index in [9.17, 15) is 9.59 Å². The Kier molecular flexibility index (Phi) is 7.61. The molecule has 2 rings (SSSR count). The minimum atomic E-state index is -0.462. The quantitative estimate of drug-likeness (QED) is 0.527. The fourth-order valence-corrected chi connectivity index (χ4v) is 3.23. The minimum absolute atomic E-state index is 0.201. The van der Waals surface area contributed by atoms with Crippen LogP contribution >= 0.6 is 39.3 Å². The van der Waals surface area contributed by atoms with Gasteiger partial charge in [0.2, 0.25) is 5.91 Å². The monoisotopic (exact) mass is 442 g/mol. The second-order valence-electron chi connectivity index (χ2n) is 5.06. The van der Waals surface area contributed by atoms with E-state index in [4.69, 9.17) is 16.3 Å². The maximum Gasteiger partial charge on any atom is 0.276 e. The number of aryl methyl sites for hydroxylation is 1. The SMILES string of the molecule is Cc1ccc(SCC(=O)NNC(=O)COc2ccc(Cl)cc2Br)cc1. The first-order valence-corrected chi connectivity index (χ1v) is 9.44. The lowest BCUT2D eigenvalue weighted by molar-refractivity contribution is -0.128. The molecule has 0 aliphatic rings. The van der Waals surface area contributed by atoms with Crippen molar-refractivity contribution in [3.63, 3.8) is 0 Å². The van der Waals surface area contributed by atoms with Gasteiger partial charge < -0.3 is 4.74 Å². The van der Waals surface area contributed by atoms with E-state index < -0.39 is 5.91 Å². The highest BCUT2D eigenvalue weighted by Crippen LogP contribution is 2.27. The van der Waals surface area contributed by atoms with Crippen molar-refractivity contribution in [2.45, 2.75) is 11.8 Å². The number of hydrogen-bond donors (Lipinski definition) is 2. The molecule has 2 aromatic rings. The van der Waals surface area contributed by atoms with E-state index in [-0.39, 0.29) is 18.3 Å². The average Bonchev–Trinajstić information content (AvgIpc) is 2.58. The molecule has 2 aromatic carbocycles. The van der Waals surface area contributed by atoms with Crippen molar-refractivity contribution in [2.75, 3.05) is 12.4 Å². The van der Waals surface area contributed by atoms with Gasteiger partial charge in [0.05, 0.1) is 10.2 Å². The van der Waals surface area contributed by atoms with Crippen molar-refractivity contribution in [1.82, 2.24) is 10.9 Å². The summed E-state index contributed by atoms with van der Waals surface area (Å²) in [5.41, 5.74) is 5.82. The van der Waals surface area contributed by atoms with Crippen molar-refractivity contribution < 1.29 is 14.3 Å². The molecule has 132 valence electrons. The van der Waals surface area contributed by atoms with Crippen molar-refractivity contribution in [3.8, 4) is 5.75 Å². The van der Waals surface area contributed by atoms with Crippen LogP contribution in [0.3, 0.4) is 0 Å². The highest BCUT2D eigenvalue weighted by molar-refractivity contribution is 9.10. The predicted molar refractivity (Wildman–Crippen MR) is 103 cm³/mol. The Balaban J connectivity index is 1.68. The molecule has 2 amide bonds. The van der Waals surface area contributed by atoms with Gasteiger partial charge in [0, 0.05) is 9.92 Å². The van der Waals surface area contributed by atoms with E-state index in [1.54, 1.807) is 18.2 Å². The number of thioether (sulfide) groups is 1. The van der Waals surface area contributed by atoms with E-state index in [2.05, 4.69) is 26.8 Å². The van der Waals surface area contributed by atoms with Gasteiger partial charge in [0.1, 0.15) is 5.75 Å². The molecule has 0 radical (unpaired) electrons. The lowest BCUT2D eigenvalue weighted by Crippen LogP contribution is -2.44. The fraction of sp³-hybridized carbons (Fsp3) is 0.176. The third-order valence-electron chi connectivity index (χ3n) is 2.98. The second-order valence-corrected chi connectivity index (χ2v) is 7.40. The van der Waals surface area contributed by atoms with Gasteiger partial charge in [-0.1, -0.05) is 29.3 Å². The maximum absolute atomic E-state index is 11.7. The number of ether oxygens (including phenoxy) is 1. The van der Waals surface area contributed by atoms with E-state index in [0.717, 1.165) is 10.5 Å². The van der Waals surface area contributed by atoms with Crippen LogP contribution in [0.2, 0.25) is 5.02 Å². The normalized spacial score (nSPS) is 10.2. The Hall–Kier alpha value is -1.70. The summed E-state index contributed by atoms with van der Waals surface area (Å²) in [6.45, 7) is 1.77. The highest BCUT2D eigenvalue weighted by atomic mass is 79.9. The minimum Gasteiger partial charge on any atom is -0.483 e. The number of nitrogens with one attached hydrogen (secondary N) is 2.